The summed E-state index contributed by atoms with van der Waals surface area (Å²) in [5, 5.41) is 12.3. The molecule has 1 aromatic rings. The van der Waals surface area contributed by atoms with Gasteiger partial charge in [-0.1, -0.05) is 37.6 Å². The molecule has 0 aliphatic carbocycles. The fraction of sp³-hybridized carbons (Fsp3) is 0.600. The molecule has 26 heavy (non-hydrogen) atoms. The molecule has 0 heterocycles. The molecule has 0 aliphatic heterocycles. The molecule has 0 aromatic heterocycles. The Bertz CT molecular complexity index is 563. The molecule has 1 unspecified atom stereocenters. The molecule has 148 valence electrons. The maximum absolute atomic E-state index is 12.8. The van der Waals surface area contributed by atoms with Crippen LogP contribution in [0.2, 0.25) is 0 Å². The largest absolute Gasteiger partial charge is 0.416 e. The van der Waals surface area contributed by atoms with E-state index >= 15 is 0 Å². The fourth-order valence-electron chi connectivity index (χ4n) is 2.90. The lowest BCUT2D eigenvalue weighted by molar-refractivity contribution is -0.137. The number of benzene rings is 1. The number of halogens is 3. The van der Waals surface area contributed by atoms with Gasteiger partial charge in [0.05, 0.1) is 11.5 Å². The standard InChI is InChI=1S/C20H30F3NOS/c1-15(2)12-18(24-10-5-11-26-14-25)13-19(3,4)16-6-8-17(9-7-16)20(21,22)23/h6-9,12,18,24-25H,5,10-11,13-14H2,1-4H3. The van der Waals surface area contributed by atoms with Gasteiger partial charge >= 0.3 is 6.18 Å². The summed E-state index contributed by atoms with van der Waals surface area (Å²) in [6, 6.07) is 5.64. The van der Waals surface area contributed by atoms with Crippen LogP contribution in [0, 0.1) is 0 Å². The van der Waals surface area contributed by atoms with Crippen LogP contribution in [0.1, 0.15) is 51.7 Å². The summed E-state index contributed by atoms with van der Waals surface area (Å²) in [5.74, 6) is 1.03. The summed E-state index contributed by atoms with van der Waals surface area (Å²) in [6.45, 7) is 9.04. The normalized spacial score (nSPS) is 13.5. The van der Waals surface area contributed by atoms with Gasteiger partial charge in [0.2, 0.25) is 0 Å². The zero-order valence-corrected chi connectivity index (χ0v) is 16.8. The van der Waals surface area contributed by atoms with E-state index in [0.29, 0.717) is 0 Å². The summed E-state index contributed by atoms with van der Waals surface area (Å²) in [4.78, 5) is 0. The highest BCUT2D eigenvalue weighted by molar-refractivity contribution is 7.99. The minimum Gasteiger partial charge on any atom is -0.386 e. The van der Waals surface area contributed by atoms with Crippen molar-refractivity contribution < 1.29 is 18.3 Å². The smallest absolute Gasteiger partial charge is 0.386 e. The topological polar surface area (TPSA) is 32.3 Å². The third-order valence-corrected chi connectivity index (χ3v) is 4.98. The van der Waals surface area contributed by atoms with Crippen LogP contribution in [-0.2, 0) is 11.6 Å². The minimum absolute atomic E-state index is 0.137. The third-order valence-electron chi connectivity index (χ3n) is 4.22. The van der Waals surface area contributed by atoms with E-state index in [1.165, 1.54) is 17.3 Å². The summed E-state index contributed by atoms with van der Waals surface area (Å²) >= 11 is 1.50. The predicted octanol–water partition coefficient (Wildman–Crippen LogP) is 5.37. The lowest BCUT2D eigenvalue weighted by Gasteiger charge is -2.30. The van der Waals surface area contributed by atoms with Gasteiger partial charge in [0, 0.05) is 6.04 Å². The Morgan fingerprint density at radius 2 is 1.73 bits per heavy atom. The van der Waals surface area contributed by atoms with Crippen molar-refractivity contribution in [2.75, 3.05) is 18.2 Å². The molecule has 0 spiro atoms. The zero-order valence-electron chi connectivity index (χ0n) is 16.0. The Morgan fingerprint density at radius 1 is 1.15 bits per heavy atom. The second-order valence-corrected chi connectivity index (χ2v) is 8.43. The van der Waals surface area contributed by atoms with Crippen molar-refractivity contribution in [1.29, 1.82) is 0 Å². The van der Waals surface area contributed by atoms with Crippen LogP contribution >= 0.6 is 11.8 Å². The van der Waals surface area contributed by atoms with E-state index in [-0.39, 0.29) is 17.4 Å². The molecule has 0 aliphatic rings. The van der Waals surface area contributed by atoms with Gasteiger partial charge in [-0.15, -0.1) is 11.8 Å². The Balaban J connectivity index is 2.78. The van der Waals surface area contributed by atoms with Crippen molar-refractivity contribution in [3.63, 3.8) is 0 Å². The van der Waals surface area contributed by atoms with E-state index < -0.39 is 11.7 Å². The van der Waals surface area contributed by atoms with E-state index in [1.54, 1.807) is 12.1 Å². The van der Waals surface area contributed by atoms with Gasteiger partial charge in [0.15, 0.2) is 0 Å². The number of thioether (sulfide) groups is 1. The number of allylic oxidation sites excluding steroid dienone is 1. The van der Waals surface area contributed by atoms with Gasteiger partial charge in [-0.3, -0.25) is 0 Å². The molecule has 2 N–H and O–H groups in total. The SMILES string of the molecule is CC(C)=CC(CC(C)(C)c1ccc(C(F)(F)F)cc1)NCCCSCO. The van der Waals surface area contributed by atoms with E-state index in [2.05, 4.69) is 25.2 Å². The highest BCUT2D eigenvalue weighted by Gasteiger charge is 2.31. The summed E-state index contributed by atoms with van der Waals surface area (Å²) < 4.78 is 38.3. The number of rotatable bonds is 10. The second-order valence-electron chi connectivity index (χ2n) is 7.36. The Kier molecular flexibility index (Phi) is 9.21. The fourth-order valence-corrected chi connectivity index (χ4v) is 3.37. The quantitative estimate of drug-likeness (QED) is 0.320. The number of aliphatic hydroxyl groups excluding tert-OH is 1. The van der Waals surface area contributed by atoms with Crippen LogP contribution in [0.25, 0.3) is 0 Å². The van der Waals surface area contributed by atoms with Gasteiger partial charge in [-0.2, -0.15) is 13.2 Å². The van der Waals surface area contributed by atoms with E-state index in [1.807, 2.05) is 13.8 Å². The first-order valence-corrected chi connectivity index (χ1v) is 9.96. The summed E-state index contributed by atoms with van der Waals surface area (Å²) in [7, 11) is 0. The van der Waals surface area contributed by atoms with Crippen LogP contribution in [0.5, 0.6) is 0 Å². The minimum atomic E-state index is -4.30. The summed E-state index contributed by atoms with van der Waals surface area (Å²) in [6.07, 6.45) is -0.387. The van der Waals surface area contributed by atoms with Gasteiger partial charge in [-0.05, 0) is 62.1 Å². The molecular formula is C20H30F3NOS. The Hall–Kier alpha value is -0.980. The van der Waals surface area contributed by atoms with E-state index in [4.69, 9.17) is 5.11 Å². The lowest BCUT2D eigenvalue weighted by Crippen LogP contribution is -2.35. The molecule has 0 saturated carbocycles. The van der Waals surface area contributed by atoms with Crippen molar-refractivity contribution in [2.24, 2.45) is 0 Å². The molecule has 6 heteroatoms. The van der Waals surface area contributed by atoms with Crippen molar-refractivity contribution in [1.82, 2.24) is 5.32 Å². The molecule has 0 radical (unpaired) electrons. The van der Waals surface area contributed by atoms with E-state index in [9.17, 15) is 13.2 Å². The Morgan fingerprint density at radius 3 is 2.23 bits per heavy atom. The average molecular weight is 390 g/mol. The highest BCUT2D eigenvalue weighted by atomic mass is 32.2. The van der Waals surface area contributed by atoms with Crippen molar-refractivity contribution in [2.45, 2.75) is 58.2 Å². The number of hydrogen-bond donors (Lipinski definition) is 2. The zero-order chi connectivity index (χ0) is 19.8. The maximum Gasteiger partial charge on any atom is 0.416 e. The molecular weight excluding hydrogens is 359 g/mol. The number of alkyl halides is 3. The molecule has 0 fully saturated rings. The Labute approximate surface area is 159 Å². The maximum atomic E-state index is 12.8. The van der Waals surface area contributed by atoms with Gasteiger partial charge in [0.1, 0.15) is 0 Å². The van der Waals surface area contributed by atoms with Gasteiger partial charge in [-0.25, -0.2) is 0 Å². The second kappa shape index (κ2) is 10.4. The molecule has 0 bridgehead atoms. The third kappa shape index (κ3) is 8.14. The molecule has 0 amide bonds. The first-order chi connectivity index (χ1) is 12.1. The number of nitrogens with one attached hydrogen (secondary N) is 1. The van der Waals surface area contributed by atoms with E-state index in [0.717, 1.165) is 42.8 Å². The van der Waals surface area contributed by atoms with Crippen LogP contribution < -0.4 is 5.32 Å². The monoisotopic (exact) mass is 389 g/mol. The summed E-state index contributed by atoms with van der Waals surface area (Å²) in [5.41, 5.74) is 1.23. The molecule has 0 saturated heterocycles. The van der Waals surface area contributed by atoms with Crippen LogP contribution in [0.3, 0.4) is 0 Å². The van der Waals surface area contributed by atoms with Gasteiger partial charge in [0.25, 0.3) is 0 Å². The molecule has 1 aromatic carbocycles. The van der Waals surface area contributed by atoms with Crippen molar-refractivity contribution in [3.8, 4) is 0 Å². The molecule has 1 rings (SSSR count). The highest BCUT2D eigenvalue weighted by Crippen LogP contribution is 2.33. The number of aliphatic hydroxyl groups is 1. The van der Waals surface area contributed by atoms with Gasteiger partial charge < -0.3 is 10.4 Å². The molecule has 2 nitrogen and oxygen atoms in total. The lowest BCUT2D eigenvalue weighted by atomic mass is 9.78. The average Bonchev–Trinajstić information content (AvgIpc) is 2.53. The molecule has 1 atom stereocenters. The first-order valence-electron chi connectivity index (χ1n) is 8.81. The van der Waals surface area contributed by atoms with Crippen molar-refractivity contribution in [3.05, 3.63) is 47.0 Å². The number of hydrogen-bond acceptors (Lipinski definition) is 3. The predicted molar refractivity (Wildman–Crippen MR) is 104 cm³/mol. The van der Waals surface area contributed by atoms with Crippen LogP contribution in [0.15, 0.2) is 35.9 Å². The van der Waals surface area contributed by atoms with Crippen LogP contribution in [-0.4, -0.2) is 29.4 Å². The van der Waals surface area contributed by atoms with Crippen LogP contribution in [0.4, 0.5) is 13.2 Å². The van der Waals surface area contributed by atoms with Crippen molar-refractivity contribution >= 4 is 11.8 Å². The first kappa shape index (κ1) is 23.1.